The predicted octanol–water partition coefficient (Wildman–Crippen LogP) is 2.09. The van der Waals surface area contributed by atoms with Crippen molar-refractivity contribution in [2.75, 3.05) is 11.9 Å². The van der Waals surface area contributed by atoms with Gasteiger partial charge in [-0.15, -0.1) is 22.7 Å². The van der Waals surface area contributed by atoms with Crippen LogP contribution in [-0.4, -0.2) is 37.1 Å². The third-order valence-electron chi connectivity index (χ3n) is 3.98. The molecule has 1 atom stereocenters. The Morgan fingerprint density at radius 3 is 2.68 bits per heavy atom. The van der Waals surface area contributed by atoms with Crippen LogP contribution in [0.15, 0.2) is 33.2 Å². The molecule has 0 unspecified atom stereocenters. The van der Waals surface area contributed by atoms with Gasteiger partial charge in [0.05, 0.1) is 5.56 Å². The summed E-state index contributed by atoms with van der Waals surface area (Å²) < 4.78 is 27.1. The van der Waals surface area contributed by atoms with Gasteiger partial charge in [-0.1, -0.05) is 12.5 Å². The number of thiophene rings is 2. The molecular weight excluding hydrogens is 382 g/mol. The molecule has 134 valence electrons. The van der Waals surface area contributed by atoms with E-state index in [0.717, 1.165) is 17.8 Å². The van der Waals surface area contributed by atoms with E-state index in [1.54, 1.807) is 16.8 Å². The van der Waals surface area contributed by atoms with E-state index in [9.17, 15) is 18.0 Å². The van der Waals surface area contributed by atoms with Gasteiger partial charge in [0.1, 0.15) is 15.3 Å². The lowest BCUT2D eigenvalue weighted by molar-refractivity contribution is -0.120. The van der Waals surface area contributed by atoms with Gasteiger partial charge in [-0.2, -0.15) is 4.31 Å². The molecule has 25 heavy (non-hydrogen) atoms. The fraction of sp³-hybridized carbons (Fsp3) is 0.333. The SMILES string of the molecule is NC(=O)c1ccsc1NC(=O)[C@H]1CCCCN1S(=O)(=O)c1cccs1. The van der Waals surface area contributed by atoms with Crippen LogP contribution in [0.4, 0.5) is 5.00 Å². The van der Waals surface area contributed by atoms with Gasteiger partial charge in [-0.3, -0.25) is 9.59 Å². The van der Waals surface area contributed by atoms with Gasteiger partial charge in [-0.05, 0) is 35.7 Å². The smallest absolute Gasteiger partial charge is 0.253 e. The second-order valence-corrected chi connectivity index (χ2v) is 9.56. The molecule has 3 heterocycles. The standard InChI is InChI=1S/C15H17N3O4S3/c16-13(19)10-6-9-24-15(10)17-14(20)11-4-1-2-7-18(11)25(21,22)12-5-3-8-23-12/h3,5-6,8-9,11H,1-2,4,7H2,(H2,16,19)(H,17,20)/t11-/m1/s1. The second-order valence-electron chi connectivity index (χ2n) is 5.58. The van der Waals surface area contributed by atoms with Gasteiger partial charge in [-0.25, -0.2) is 8.42 Å². The number of carbonyl (C=O) groups is 2. The number of piperidine rings is 1. The monoisotopic (exact) mass is 399 g/mol. The number of sulfonamides is 1. The van der Waals surface area contributed by atoms with Crippen molar-refractivity contribution in [2.24, 2.45) is 5.73 Å². The molecule has 2 amide bonds. The highest BCUT2D eigenvalue weighted by molar-refractivity contribution is 7.91. The average molecular weight is 400 g/mol. The average Bonchev–Trinajstić information content (AvgIpc) is 3.26. The summed E-state index contributed by atoms with van der Waals surface area (Å²) >= 11 is 2.31. The fourth-order valence-corrected chi connectivity index (χ4v) is 6.35. The highest BCUT2D eigenvalue weighted by atomic mass is 32.2. The number of nitrogens with one attached hydrogen (secondary N) is 1. The lowest BCUT2D eigenvalue weighted by Crippen LogP contribution is -2.49. The molecule has 0 spiro atoms. The number of anilines is 1. The van der Waals surface area contributed by atoms with Crippen molar-refractivity contribution in [2.45, 2.75) is 29.5 Å². The Labute approximate surface area is 153 Å². The van der Waals surface area contributed by atoms with Crippen LogP contribution >= 0.6 is 22.7 Å². The molecule has 2 aromatic heterocycles. The highest BCUT2D eigenvalue weighted by Crippen LogP contribution is 2.29. The van der Waals surface area contributed by atoms with E-state index in [1.165, 1.54) is 27.8 Å². The minimum atomic E-state index is -3.72. The van der Waals surface area contributed by atoms with E-state index >= 15 is 0 Å². The van der Waals surface area contributed by atoms with Crippen molar-refractivity contribution < 1.29 is 18.0 Å². The predicted molar refractivity (Wildman–Crippen MR) is 97.3 cm³/mol. The maximum Gasteiger partial charge on any atom is 0.253 e. The number of nitrogens with two attached hydrogens (primary N) is 1. The summed E-state index contributed by atoms with van der Waals surface area (Å²) in [6.07, 6.45) is 1.91. The van der Waals surface area contributed by atoms with Crippen LogP contribution in [0.1, 0.15) is 29.6 Å². The van der Waals surface area contributed by atoms with Crippen LogP contribution in [0, 0.1) is 0 Å². The number of hydrogen-bond donors (Lipinski definition) is 2. The molecule has 1 fully saturated rings. The number of rotatable bonds is 5. The zero-order chi connectivity index (χ0) is 18.0. The first-order chi connectivity index (χ1) is 11.9. The Kier molecular flexibility index (Phi) is 5.23. The third-order valence-corrected chi connectivity index (χ3v) is 8.09. The summed E-state index contributed by atoms with van der Waals surface area (Å²) in [6, 6.07) is 3.93. The van der Waals surface area contributed by atoms with Crippen LogP contribution in [0.2, 0.25) is 0 Å². The molecular formula is C15H17N3O4S3. The molecule has 1 saturated heterocycles. The lowest BCUT2D eigenvalue weighted by Gasteiger charge is -2.33. The van der Waals surface area contributed by atoms with Crippen LogP contribution in [0.25, 0.3) is 0 Å². The third kappa shape index (κ3) is 3.61. The van der Waals surface area contributed by atoms with E-state index in [1.807, 2.05) is 0 Å². The molecule has 0 bridgehead atoms. The fourth-order valence-electron chi connectivity index (χ4n) is 2.78. The van der Waals surface area contributed by atoms with E-state index in [-0.39, 0.29) is 9.77 Å². The van der Waals surface area contributed by atoms with Crippen molar-refractivity contribution in [3.8, 4) is 0 Å². The lowest BCUT2D eigenvalue weighted by atomic mass is 10.0. The molecule has 1 aliphatic rings. The Morgan fingerprint density at radius 1 is 1.20 bits per heavy atom. The minimum Gasteiger partial charge on any atom is -0.366 e. The van der Waals surface area contributed by atoms with E-state index in [0.29, 0.717) is 24.4 Å². The van der Waals surface area contributed by atoms with Gasteiger partial charge in [0.25, 0.3) is 15.9 Å². The van der Waals surface area contributed by atoms with Crippen LogP contribution in [-0.2, 0) is 14.8 Å². The van der Waals surface area contributed by atoms with Gasteiger partial charge in [0.2, 0.25) is 5.91 Å². The Hall–Kier alpha value is -1.75. The van der Waals surface area contributed by atoms with E-state index < -0.39 is 27.9 Å². The van der Waals surface area contributed by atoms with E-state index in [2.05, 4.69) is 5.32 Å². The summed E-state index contributed by atoms with van der Waals surface area (Å²) in [5, 5.41) is 6.35. The number of hydrogen-bond acceptors (Lipinski definition) is 6. The van der Waals surface area contributed by atoms with Crippen LogP contribution < -0.4 is 11.1 Å². The molecule has 3 N–H and O–H groups in total. The topological polar surface area (TPSA) is 110 Å². The molecule has 2 aromatic rings. The molecule has 10 heteroatoms. The largest absolute Gasteiger partial charge is 0.366 e. The van der Waals surface area contributed by atoms with Crippen LogP contribution in [0.5, 0.6) is 0 Å². The first-order valence-electron chi connectivity index (χ1n) is 7.65. The molecule has 0 aromatic carbocycles. The molecule has 3 rings (SSSR count). The van der Waals surface area contributed by atoms with Crippen molar-refractivity contribution in [3.05, 3.63) is 34.5 Å². The minimum absolute atomic E-state index is 0.223. The van der Waals surface area contributed by atoms with Gasteiger partial charge in [0, 0.05) is 6.54 Å². The zero-order valence-corrected chi connectivity index (χ0v) is 15.6. The summed E-state index contributed by atoms with van der Waals surface area (Å²) in [4.78, 5) is 24.1. The molecule has 0 aliphatic carbocycles. The highest BCUT2D eigenvalue weighted by Gasteiger charge is 2.38. The normalized spacial score (nSPS) is 18.8. The summed E-state index contributed by atoms with van der Waals surface area (Å²) in [5.74, 6) is -1.08. The maximum absolute atomic E-state index is 12.8. The Morgan fingerprint density at radius 2 is 2.00 bits per heavy atom. The first kappa shape index (κ1) is 18.1. The number of amides is 2. The van der Waals surface area contributed by atoms with Crippen molar-refractivity contribution in [1.29, 1.82) is 0 Å². The van der Waals surface area contributed by atoms with Crippen molar-refractivity contribution in [1.82, 2.24) is 4.31 Å². The van der Waals surface area contributed by atoms with E-state index in [4.69, 9.17) is 5.73 Å². The van der Waals surface area contributed by atoms with Crippen molar-refractivity contribution in [3.63, 3.8) is 0 Å². The Bertz CT molecular complexity index is 874. The molecule has 0 saturated carbocycles. The van der Waals surface area contributed by atoms with Crippen molar-refractivity contribution >= 4 is 49.5 Å². The number of primary amides is 1. The van der Waals surface area contributed by atoms with Gasteiger partial charge < -0.3 is 11.1 Å². The summed E-state index contributed by atoms with van der Waals surface area (Å²) in [7, 11) is -3.72. The summed E-state index contributed by atoms with van der Waals surface area (Å²) in [6.45, 7) is 0.297. The quantitative estimate of drug-likeness (QED) is 0.802. The molecule has 1 aliphatic heterocycles. The van der Waals surface area contributed by atoms with Gasteiger partial charge in [0.15, 0.2) is 0 Å². The summed E-state index contributed by atoms with van der Waals surface area (Å²) in [5.41, 5.74) is 5.51. The molecule has 0 radical (unpaired) electrons. The second kappa shape index (κ2) is 7.24. The first-order valence-corrected chi connectivity index (χ1v) is 10.8. The van der Waals surface area contributed by atoms with Gasteiger partial charge >= 0.3 is 0 Å². The zero-order valence-electron chi connectivity index (χ0n) is 13.2. The number of nitrogens with zero attached hydrogens (tertiary/aromatic N) is 1. The number of carbonyl (C=O) groups excluding carboxylic acids is 2. The maximum atomic E-state index is 12.8. The molecule has 7 nitrogen and oxygen atoms in total. The Balaban J connectivity index is 1.85. The van der Waals surface area contributed by atoms with Crippen LogP contribution in [0.3, 0.4) is 0 Å².